The monoisotopic (exact) mass is 395 g/mol. The van der Waals surface area contributed by atoms with E-state index < -0.39 is 0 Å². The first-order valence-electron chi connectivity index (χ1n) is 10.2. The van der Waals surface area contributed by atoms with Crippen LogP contribution in [-0.2, 0) is 4.79 Å². The number of likely N-dealkylation sites (tertiary alicyclic amines) is 2. The molecule has 0 radical (unpaired) electrons. The molecule has 1 N–H and O–H groups in total. The first kappa shape index (κ1) is 19.6. The van der Waals surface area contributed by atoms with Gasteiger partial charge < -0.3 is 14.7 Å². The number of carbonyl (C=O) groups is 2. The predicted molar refractivity (Wildman–Crippen MR) is 110 cm³/mol. The summed E-state index contributed by atoms with van der Waals surface area (Å²) in [6.07, 6.45) is 0. The lowest BCUT2D eigenvalue weighted by Crippen LogP contribution is -2.41. The number of likely N-dealkylation sites (N-methyl/N-ethyl adjacent to an activating group) is 1. The molecule has 2 saturated heterocycles. The highest BCUT2D eigenvalue weighted by molar-refractivity contribution is 5.92. The van der Waals surface area contributed by atoms with Gasteiger partial charge in [0.05, 0.1) is 12.6 Å². The van der Waals surface area contributed by atoms with E-state index in [-0.39, 0.29) is 29.7 Å². The van der Waals surface area contributed by atoms with Gasteiger partial charge in [-0.3, -0.25) is 14.7 Å². The van der Waals surface area contributed by atoms with Crippen LogP contribution in [0.5, 0.6) is 0 Å². The van der Waals surface area contributed by atoms with Crippen LogP contribution in [0.4, 0.5) is 0 Å². The third-order valence-corrected chi connectivity index (χ3v) is 6.16. The molecule has 2 fully saturated rings. The van der Waals surface area contributed by atoms with E-state index in [1.54, 1.807) is 6.07 Å². The average molecular weight is 396 g/mol. The summed E-state index contributed by atoms with van der Waals surface area (Å²) < 4.78 is 0. The van der Waals surface area contributed by atoms with Crippen LogP contribution in [0.3, 0.4) is 0 Å². The molecule has 0 saturated carbocycles. The van der Waals surface area contributed by atoms with E-state index in [0.29, 0.717) is 31.9 Å². The van der Waals surface area contributed by atoms with Crippen molar-refractivity contribution in [2.45, 2.75) is 19.9 Å². The number of aromatic nitrogens is 2. The van der Waals surface area contributed by atoms with Crippen molar-refractivity contribution >= 4 is 11.8 Å². The van der Waals surface area contributed by atoms with Gasteiger partial charge in [0, 0.05) is 37.2 Å². The molecule has 1 aromatic carbocycles. The van der Waals surface area contributed by atoms with Gasteiger partial charge in [-0.1, -0.05) is 24.3 Å². The summed E-state index contributed by atoms with van der Waals surface area (Å²) in [4.78, 5) is 31.8. The molecule has 3 atom stereocenters. The molecule has 2 amide bonds. The summed E-state index contributed by atoms with van der Waals surface area (Å²) in [5.41, 5.74) is 3.73. The Bertz CT molecular complexity index is 921. The number of fused-ring (bicyclic) bond motifs is 1. The molecular formula is C22H29N5O2. The molecule has 0 bridgehead atoms. The van der Waals surface area contributed by atoms with E-state index in [1.165, 1.54) is 11.1 Å². The number of hydrogen-bond acceptors (Lipinski definition) is 4. The van der Waals surface area contributed by atoms with Crippen molar-refractivity contribution in [3.05, 3.63) is 52.8 Å². The molecule has 7 heteroatoms. The maximum atomic E-state index is 13.0. The van der Waals surface area contributed by atoms with Gasteiger partial charge in [-0.25, -0.2) is 0 Å². The molecule has 4 rings (SSSR count). The molecule has 2 aliphatic rings. The number of nitrogens with one attached hydrogen (secondary N) is 1. The molecule has 29 heavy (non-hydrogen) atoms. The van der Waals surface area contributed by atoms with E-state index in [9.17, 15) is 9.59 Å². The molecule has 1 aromatic heterocycles. The van der Waals surface area contributed by atoms with Crippen molar-refractivity contribution in [3.8, 4) is 0 Å². The van der Waals surface area contributed by atoms with E-state index in [2.05, 4.69) is 29.3 Å². The summed E-state index contributed by atoms with van der Waals surface area (Å²) in [5.74, 6) is 0.651. The molecule has 2 aliphatic heterocycles. The number of nitrogens with zero attached hydrogens (tertiary/aromatic N) is 4. The fourth-order valence-corrected chi connectivity index (χ4v) is 4.84. The Morgan fingerprint density at radius 3 is 2.59 bits per heavy atom. The standard InChI is InChI=1S/C22H29N5O2/c1-14-7-5-6-8-17(14)21-18-12-26(22(29)19-9-15(2)23-24-19)10-16(18)11-27(21)20(28)13-25(3)4/h5-9,16,18,21H,10-13H2,1-4H3,(H,23,24)/t16-,18-,21+/m1/s1. The minimum absolute atomic E-state index is 0.00682. The quantitative estimate of drug-likeness (QED) is 0.858. The SMILES string of the molecule is Cc1cc(C(=O)N2C[C@@H]3CN(C(=O)CN(C)C)[C@@H](c4ccccc4C)[C@@H]3C2)n[nH]1. The van der Waals surface area contributed by atoms with Crippen molar-refractivity contribution in [3.63, 3.8) is 0 Å². The van der Waals surface area contributed by atoms with Crippen LogP contribution in [0.2, 0.25) is 0 Å². The molecule has 2 aromatic rings. The van der Waals surface area contributed by atoms with Gasteiger partial charge in [0.2, 0.25) is 5.91 Å². The van der Waals surface area contributed by atoms with Gasteiger partial charge in [-0.05, 0) is 45.1 Å². The number of benzene rings is 1. The number of aromatic amines is 1. The maximum Gasteiger partial charge on any atom is 0.274 e. The summed E-state index contributed by atoms with van der Waals surface area (Å²) in [6.45, 7) is 6.41. The van der Waals surface area contributed by atoms with Crippen molar-refractivity contribution in [1.29, 1.82) is 0 Å². The fourth-order valence-electron chi connectivity index (χ4n) is 4.84. The van der Waals surface area contributed by atoms with Crippen LogP contribution in [0.1, 0.15) is 33.4 Å². The van der Waals surface area contributed by atoms with Gasteiger partial charge in [-0.2, -0.15) is 5.10 Å². The lowest BCUT2D eigenvalue weighted by atomic mass is 9.87. The summed E-state index contributed by atoms with van der Waals surface area (Å²) in [6, 6.07) is 10.1. The van der Waals surface area contributed by atoms with Crippen LogP contribution in [0.15, 0.2) is 30.3 Å². The topological polar surface area (TPSA) is 72.5 Å². The number of aryl methyl sites for hydroxylation is 2. The van der Waals surface area contributed by atoms with Gasteiger partial charge in [-0.15, -0.1) is 0 Å². The molecule has 7 nitrogen and oxygen atoms in total. The number of rotatable bonds is 4. The largest absolute Gasteiger partial charge is 0.337 e. The third kappa shape index (κ3) is 3.67. The van der Waals surface area contributed by atoms with Crippen LogP contribution >= 0.6 is 0 Å². The Morgan fingerprint density at radius 2 is 1.93 bits per heavy atom. The van der Waals surface area contributed by atoms with E-state index in [1.807, 2.05) is 47.9 Å². The fraction of sp³-hybridized carbons (Fsp3) is 0.500. The lowest BCUT2D eigenvalue weighted by molar-refractivity contribution is -0.133. The maximum absolute atomic E-state index is 13.0. The zero-order valence-electron chi connectivity index (χ0n) is 17.6. The molecule has 0 spiro atoms. The second-order valence-electron chi connectivity index (χ2n) is 8.66. The zero-order valence-corrected chi connectivity index (χ0v) is 17.6. The van der Waals surface area contributed by atoms with Gasteiger partial charge >= 0.3 is 0 Å². The molecule has 154 valence electrons. The number of carbonyl (C=O) groups excluding carboxylic acids is 2. The average Bonchev–Trinajstić information content (AvgIpc) is 3.35. The molecule has 3 heterocycles. The van der Waals surface area contributed by atoms with Crippen LogP contribution in [0, 0.1) is 25.7 Å². The molecule has 0 unspecified atom stereocenters. The van der Waals surface area contributed by atoms with Crippen LogP contribution in [-0.4, -0.2) is 77.0 Å². The summed E-state index contributed by atoms with van der Waals surface area (Å²) in [7, 11) is 3.84. The Kier molecular flexibility index (Phi) is 5.17. The van der Waals surface area contributed by atoms with Gasteiger partial charge in [0.15, 0.2) is 0 Å². The van der Waals surface area contributed by atoms with E-state index in [4.69, 9.17) is 0 Å². The highest BCUT2D eigenvalue weighted by Gasteiger charge is 2.50. The first-order chi connectivity index (χ1) is 13.8. The summed E-state index contributed by atoms with van der Waals surface area (Å²) in [5, 5.41) is 6.99. The van der Waals surface area contributed by atoms with Crippen molar-refractivity contribution in [1.82, 2.24) is 24.9 Å². The Balaban J connectivity index is 1.61. The van der Waals surface area contributed by atoms with Crippen molar-refractivity contribution in [2.24, 2.45) is 11.8 Å². The minimum Gasteiger partial charge on any atom is -0.337 e. The third-order valence-electron chi connectivity index (χ3n) is 6.16. The number of amides is 2. The minimum atomic E-state index is -0.0292. The number of hydrogen-bond donors (Lipinski definition) is 1. The summed E-state index contributed by atoms with van der Waals surface area (Å²) >= 11 is 0. The van der Waals surface area contributed by atoms with E-state index in [0.717, 1.165) is 5.69 Å². The lowest BCUT2D eigenvalue weighted by Gasteiger charge is -2.31. The van der Waals surface area contributed by atoms with Crippen molar-refractivity contribution < 1.29 is 9.59 Å². The molecule has 0 aliphatic carbocycles. The smallest absolute Gasteiger partial charge is 0.274 e. The van der Waals surface area contributed by atoms with Gasteiger partial charge in [0.1, 0.15) is 5.69 Å². The highest BCUT2D eigenvalue weighted by atomic mass is 16.2. The highest BCUT2D eigenvalue weighted by Crippen LogP contribution is 2.46. The second kappa shape index (κ2) is 7.63. The molecular weight excluding hydrogens is 366 g/mol. The Hall–Kier alpha value is -2.67. The van der Waals surface area contributed by atoms with Gasteiger partial charge in [0.25, 0.3) is 5.91 Å². The first-order valence-corrected chi connectivity index (χ1v) is 10.2. The Morgan fingerprint density at radius 1 is 1.17 bits per heavy atom. The Labute approximate surface area is 171 Å². The zero-order chi connectivity index (χ0) is 20.7. The van der Waals surface area contributed by atoms with Crippen LogP contribution in [0.25, 0.3) is 0 Å². The van der Waals surface area contributed by atoms with Crippen LogP contribution < -0.4 is 0 Å². The second-order valence-corrected chi connectivity index (χ2v) is 8.66. The van der Waals surface area contributed by atoms with Crippen molar-refractivity contribution in [2.75, 3.05) is 40.3 Å². The predicted octanol–water partition coefficient (Wildman–Crippen LogP) is 1.86. The number of H-pyrrole nitrogens is 1. The van der Waals surface area contributed by atoms with E-state index >= 15 is 0 Å². The normalized spacial score (nSPS) is 23.7.